The summed E-state index contributed by atoms with van der Waals surface area (Å²) in [6, 6.07) is 0. The Labute approximate surface area is 163 Å². The van der Waals surface area contributed by atoms with Crippen molar-refractivity contribution in [2.75, 3.05) is 0 Å². The minimum Gasteiger partial charge on any atom is -0.324 e. The first-order chi connectivity index (χ1) is 13.6. The summed E-state index contributed by atoms with van der Waals surface area (Å²) in [5.74, 6) is -0.0135. The number of hydrogen-bond acceptors (Lipinski definition) is 5. The molecule has 0 amide bonds. The van der Waals surface area contributed by atoms with Gasteiger partial charge in [0.2, 0.25) is 5.95 Å². The van der Waals surface area contributed by atoms with Gasteiger partial charge in [-0.2, -0.15) is 14.6 Å². The summed E-state index contributed by atoms with van der Waals surface area (Å²) in [6.45, 7) is 8.18. The van der Waals surface area contributed by atoms with E-state index in [-0.39, 0.29) is 0 Å². The first-order valence-corrected chi connectivity index (χ1v) is 9.33. The van der Waals surface area contributed by atoms with E-state index in [1.54, 1.807) is 10.9 Å². The quantitative estimate of drug-likeness (QED) is 0.440. The second-order valence-electron chi connectivity index (χ2n) is 6.40. The van der Waals surface area contributed by atoms with Gasteiger partial charge in [0.25, 0.3) is 0 Å². The molecule has 0 radical (unpaired) electrons. The van der Waals surface area contributed by atoms with Crippen LogP contribution in [-0.4, -0.2) is 35.2 Å². The van der Waals surface area contributed by atoms with Crippen molar-refractivity contribution in [1.82, 2.24) is 29.5 Å². The van der Waals surface area contributed by atoms with Crippen molar-refractivity contribution >= 4 is 16.7 Å². The van der Waals surface area contributed by atoms with Gasteiger partial charge in [-0.1, -0.05) is 26.8 Å². The Balaban J connectivity index is 2.02. The summed E-state index contributed by atoms with van der Waals surface area (Å²) >= 11 is 0. The number of rotatable bonds is 8. The van der Waals surface area contributed by atoms with E-state index in [0.717, 1.165) is 35.1 Å². The van der Waals surface area contributed by atoms with Crippen molar-refractivity contribution < 1.29 is 4.39 Å². The molecule has 0 fully saturated rings. The van der Waals surface area contributed by atoms with Gasteiger partial charge >= 0.3 is 0 Å². The number of aryl methyl sites for hydroxylation is 2. The molecule has 0 atom stereocenters. The molecule has 0 bridgehead atoms. The maximum absolute atomic E-state index is 13.9. The number of hydrogen-bond donors (Lipinski definition) is 0. The van der Waals surface area contributed by atoms with Crippen LogP contribution in [0.1, 0.15) is 43.8 Å². The molecule has 3 heterocycles. The average Bonchev–Trinajstić information content (AvgIpc) is 3.29. The van der Waals surface area contributed by atoms with E-state index in [1.165, 1.54) is 12.2 Å². The second-order valence-corrected chi connectivity index (χ2v) is 6.40. The highest BCUT2D eigenvalue weighted by Crippen LogP contribution is 2.21. The Hall–Kier alpha value is -3.16. The minimum absolute atomic E-state index is 0.375. The molecule has 0 saturated carbocycles. The maximum atomic E-state index is 13.9. The van der Waals surface area contributed by atoms with Crippen molar-refractivity contribution in [2.24, 2.45) is 12.0 Å². The molecule has 3 aromatic heterocycles. The molecule has 146 valence electrons. The van der Waals surface area contributed by atoms with E-state index in [4.69, 9.17) is 0 Å². The number of imidazole rings is 1. The van der Waals surface area contributed by atoms with Crippen molar-refractivity contribution in [3.8, 4) is 0 Å². The lowest BCUT2D eigenvalue weighted by atomic mass is 10.1. The van der Waals surface area contributed by atoms with Gasteiger partial charge < -0.3 is 4.57 Å². The number of aromatic nitrogens is 6. The molecule has 3 rings (SSSR count). The first-order valence-electron chi connectivity index (χ1n) is 9.33. The third-order valence-electron chi connectivity index (χ3n) is 4.40. The van der Waals surface area contributed by atoms with Crippen molar-refractivity contribution in [1.29, 1.82) is 0 Å². The Morgan fingerprint density at radius 1 is 1.32 bits per heavy atom. The highest BCUT2D eigenvalue weighted by atomic mass is 19.1. The Morgan fingerprint density at radius 2 is 2.14 bits per heavy atom. The van der Waals surface area contributed by atoms with Crippen LogP contribution in [0.25, 0.3) is 11.0 Å². The molecule has 7 nitrogen and oxygen atoms in total. The van der Waals surface area contributed by atoms with E-state index >= 15 is 0 Å². The van der Waals surface area contributed by atoms with Crippen LogP contribution in [0, 0.1) is 0 Å². The molecule has 0 aromatic carbocycles. The van der Waals surface area contributed by atoms with Crippen molar-refractivity contribution in [3.63, 3.8) is 0 Å². The summed E-state index contributed by atoms with van der Waals surface area (Å²) in [7, 11) is 1.85. The second kappa shape index (κ2) is 8.69. The fourth-order valence-corrected chi connectivity index (χ4v) is 3.09. The smallest absolute Gasteiger partial charge is 0.209 e. The minimum atomic E-state index is -0.546. The van der Waals surface area contributed by atoms with Crippen LogP contribution in [0.3, 0.4) is 0 Å². The van der Waals surface area contributed by atoms with Crippen LogP contribution in [0.2, 0.25) is 0 Å². The Morgan fingerprint density at radius 3 is 2.86 bits per heavy atom. The highest BCUT2D eigenvalue weighted by Gasteiger charge is 2.16. The zero-order valence-electron chi connectivity index (χ0n) is 16.4. The largest absolute Gasteiger partial charge is 0.324 e. The maximum Gasteiger partial charge on any atom is 0.209 e. The molecule has 0 unspecified atom stereocenters. The zero-order chi connectivity index (χ0) is 20.1. The molecular formula is C20H24FN7. The van der Waals surface area contributed by atoms with Gasteiger partial charge in [0.1, 0.15) is 5.71 Å². The van der Waals surface area contributed by atoms with E-state index in [0.29, 0.717) is 24.5 Å². The van der Waals surface area contributed by atoms with Crippen LogP contribution in [0.5, 0.6) is 0 Å². The van der Waals surface area contributed by atoms with Gasteiger partial charge in [-0.3, -0.25) is 0 Å². The molecule has 28 heavy (non-hydrogen) atoms. The van der Waals surface area contributed by atoms with E-state index in [2.05, 4.69) is 38.8 Å². The van der Waals surface area contributed by atoms with Crippen molar-refractivity contribution in [3.05, 3.63) is 60.4 Å². The Kier molecular flexibility index (Phi) is 6.08. The predicted molar refractivity (Wildman–Crippen MR) is 108 cm³/mol. The van der Waals surface area contributed by atoms with Crippen LogP contribution in [0.4, 0.5) is 4.39 Å². The van der Waals surface area contributed by atoms with Gasteiger partial charge in [-0.25, -0.2) is 14.7 Å². The van der Waals surface area contributed by atoms with Gasteiger partial charge in [-0.05, 0) is 30.6 Å². The molecule has 3 aromatic rings. The molecular weight excluding hydrogens is 357 g/mol. The SMILES string of the molecule is C=C/C(=N\C(F)=C/CC)c1nccn1Cc1nnc2c(cnn2C)c1CCC. The summed E-state index contributed by atoms with van der Waals surface area (Å²) in [5.41, 5.74) is 3.10. The van der Waals surface area contributed by atoms with Gasteiger partial charge in [0.15, 0.2) is 11.5 Å². The normalized spacial score (nSPS) is 12.7. The number of nitrogens with zero attached hydrogens (tertiary/aromatic N) is 7. The summed E-state index contributed by atoms with van der Waals surface area (Å²) in [5, 5.41) is 14.1. The summed E-state index contributed by atoms with van der Waals surface area (Å²) in [4.78, 5) is 8.34. The van der Waals surface area contributed by atoms with E-state index < -0.39 is 5.95 Å². The number of halogens is 1. The molecule has 0 spiro atoms. The fraction of sp³-hybridized carbons (Fsp3) is 0.350. The standard InChI is InChI=1S/C20H24FN7/c1-5-8-14-15-12-23-27(4)19(15)26-25-17(14)13-28-11-10-22-20(28)16(7-3)24-18(21)9-6-2/h7,9-12H,3,5-6,8,13H2,1-2,4H3/b18-9-,24-16+. The third kappa shape index (κ3) is 3.90. The van der Waals surface area contributed by atoms with Crippen LogP contribution >= 0.6 is 0 Å². The van der Waals surface area contributed by atoms with Gasteiger partial charge in [0.05, 0.1) is 18.4 Å². The van der Waals surface area contributed by atoms with Crippen LogP contribution < -0.4 is 0 Å². The zero-order valence-corrected chi connectivity index (χ0v) is 16.4. The first kappa shape index (κ1) is 19.6. The lowest BCUT2D eigenvalue weighted by Gasteiger charge is -2.11. The molecule has 0 aliphatic carbocycles. The van der Waals surface area contributed by atoms with Gasteiger partial charge in [-0.15, -0.1) is 5.10 Å². The lowest BCUT2D eigenvalue weighted by Crippen LogP contribution is -2.13. The van der Waals surface area contributed by atoms with Crippen LogP contribution in [0.15, 0.2) is 48.3 Å². The van der Waals surface area contributed by atoms with Gasteiger partial charge in [0, 0.05) is 24.8 Å². The Bertz CT molecular complexity index is 1040. The van der Waals surface area contributed by atoms with Crippen molar-refractivity contribution in [2.45, 2.75) is 39.7 Å². The molecule has 0 aliphatic rings. The summed E-state index contributed by atoms with van der Waals surface area (Å²) < 4.78 is 17.5. The molecule has 8 heteroatoms. The fourth-order valence-electron chi connectivity index (χ4n) is 3.09. The topological polar surface area (TPSA) is 73.8 Å². The summed E-state index contributed by atoms with van der Waals surface area (Å²) in [6.07, 6.45) is 10.6. The predicted octanol–water partition coefficient (Wildman–Crippen LogP) is 3.76. The van der Waals surface area contributed by atoms with E-state index in [9.17, 15) is 4.39 Å². The number of allylic oxidation sites excluding steroid dienone is 2. The average molecular weight is 381 g/mol. The monoisotopic (exact) mass is 381 g/mol. The molecule has 0 saturated heterocycles. The third-order valence-corrected chi connectivity index (χ3v) is 4.40. The molecule has 0 aliphatic heterocycles. The molecule has 0 N–H and O–H groups in total. The highest BCUT2D eigenvalue weighted by molar-refractivity contribution is 6.06. The number of aliphatic imine (C=N–C) groups is 1. The van der Waals surface area contributed by atoms with Crippen LogP contribution in [-0.2, 0) is 20.0 Å². The number of fused-ring (bicyclic) bond motifs is 1. The lowest BCUT2D eigenvalue weighted by molar-refractivity contribution is 0.622. The van der Waals surface area contributed by atoms with E-state index in [1.807, 2.05) is 30.9 Å².